The minimum absolute atomic E-state index is 0.0163. The fourth-order valence-corrected chi connectivity index (χ4v) is 3.31. The van der Waals surface area contributed by atoms with Crippen LogP contribution in [0.15, 0.2) is 65.3 Å². The van der Waals surface area contributed by atoms with Gasteiger partial charge in [-0.15, -0.1) is 4.91 Å². The number of hydrogen-bond donors (Lipinski definition) is 0. The average Bonchev–Trinajstić information content (AvgIpc) is 3.12. The molecule has 0 fully saturated rings. The van der Waals surface area contributed by atoms with Crippen LogP contribution in [0.25, 0.3) is 16.3 Å². The first kappa shape index (κ1) is 18.2. The zero-order chi connectivity index (χ0) is 19.2. The maximum atomic E-state index is 10.8. The molecular formula is C20H14N4O2S. The summed E-state index contributed by atoms with van der Waals surface area (Å²) in [5.74, 6) is 1.10. The van der Waals surface area contributed by atoms with Gasteiger partial charge in [-0.2, -0.15) is 5.26 Å². The van der Waals surface area contributed by atoms with Crippen LogP contribution in [0.3, 0.4) is 0 Å². The highest BCUT2D eigenvalue weighted by Gasteiger charge is 2.16. The summed E-state index contributed by atoms with van der Waals surface area (Å²) in [4.78, 5) is 19.5. The van der Waals surface area contributed by atoms with E-state index in [0.717, 1.165) is 5.56 Å². The molecule has 0 aliphatic carbocycles. The molecule has 0 saturated carbocycles. The number of nitriles is 1. The molecule has 132 valence electrons. The lowest BCUT2D eigenvalue weighted by Gasteiger charge is -2.08. The van der Waals surface area contributed by atoms with Gasteiger partial charge in [0.15, 0.2) is 0 Å². The summed E-state index contributed by atoms with van der Waals surface area (Å²) in [6, 6.07) is 16.6. The Balaban J connectivity index is 2.00. The number of aliphatic imine (C=N–C) groups is 1. The van der Waals surface area contributed by atoms with Gasteiger partial charge in [0.05, 0.1) is 5.56 Å². The summed E-state index contributed by atoms with van der Waals surface area (Å²) in [6.07, 6.45) is 1.61. The summed E-state index contributed by atoms with van der Waals surface area (Å²) in [5.41, 5.74) is 1.45. The van der Waals surface area contributed by atoms with Gasteiger partial charge >= 0.3 is 0 Å². The monoisotopic (exact) mass is 374 g/mol. The van der Waals surface area contributed by atoms with E-state index >= 15 is 0 Å². The highest BCUT2D eigenvalue weighted by Crippen LogP contribution is 2.38. The molecule has 0 bridgehead atoms. The Hall–Kier alpha value is -3.63. The van der Waals surface area contributed by atoms with Crippen molar-refractivity contribution in [2.45, 2.75) is 6.92 Å². The number of rotatable bonds is 6. The number of aromatic nitrogens is 1. The van der Waals surface area contributed by atoms with Crippen molar-refractivity contribution in [3.05, 3.63) is 71.3 Å². The standard InChI is InChI=1S/C20H14N4O2S/c1-3-22-20-18(13(2)24-25)23-19(27-20)14-9-10-17(15(11-14)12-21)26-16-7-5-4-6-8-16/h3-11H,2H2,1H3/b22-3-. The summed E-state index contributed by atoms with van der Waals surface area (Å²) in [5, 5.41) is 13.5. The van der Waals surface area contributed by atoms with Gasteiger partial charge in [0.1, 0.15) is 39.0 Å². The third-order valence-electron chi connectivity index (χ3n) is 3.56. The smallest absolute Gasteiger partial charge is 0.145 e. The molecule has 2 aromatic carbocycles. The van der Waals surface area contributed by atoms with Crippen LogP contribution in [0.5, 0.6) is 11.5 Å². The molecule has 6 nitrogen and oxygen atoms in total. The predicted molar refractivity (Wildman–Crippen MR) is 107 cm³/mol. The van der Waals surface area contributed by atoms with E-state index < -0.39 is 0 Å². The van der Waals surface area contributed by atoms with Crippen molar-refractivity contribution in [2.75, 3.05) is 0 Å². The van der Waals surface area contributed by atoms with Gasteiger partial charge < -0.3 is 4.74 Å². The normalized spacial score (nSPS) is 10.5. The van der Waals surface area contributed by atoms with Crippen LogP contribution < -0.4 is 4.74 Å². The van der Waals surface area contributed by atoms with Gasteiger partial charge in [-0.3, -0.25) is 0 Å². The van der Waals surface area contributed by atoms with Gasteiger partial charge in [0, 0.05) is 11.8 Å². The van der Waals surface area contributed by atoms with Crippen molar-refractivity contribution >= 4 is 28.2 Å². The summed E-state index contributed by atoms with van der Waals surface area (Å²) in [6.45, 7) is 5.37. The van der Waals surface area contributed by atoms with Gasteiger partial charge in [0.25, 0.3) is 0 Å². The Labute approximate surface area is 160 Å². The summed E-state index contributed by atoms with van der Waals surface area (Å²) < 4.78 is 5.78. The molecular weight excluding hydrogens is 360 g/mol. The first-order valence-electron chi connectivity index (χ1n) is 7.95. The van der Waals surface area contributed by atoms with Crippen LogP contribution in [0.2, 0.25) is 0 Å². The second-order valence-corrected chi connectivity index (χ2v) is 6.31. The molecule has 7 heteroatoms. The number of ether oxygens (including phenoxy) is 1. The number of benzene rings is 2. The summed E-state index contributed by atoms with van der Waals surface area (Å²) in [7, 11) is 0. The van der Waals surface area contributed by atoms with E-state index in [4.69, 9.17) is 4.74 Å². The molecule has 3 rings (SSSR count). The van der Waals surface area contributed by atoms with Crippen LogP contribution >= 0.6 is 11.3 Å². The molecule has 0 unspecified atom stereocenters. The minimum Gasteiger partial charge on any atom is -0.456 e. The Morgan fingerprint density at radius 3 is 2.74 bits per heavy atom. The lowest BCUT2D eigenvalue weighted by Crippen LogP contribution is -1.89. The van der Waals surface area contributed by atoms with E-state index in [2.05, 4.69) is 27.8 Å². The quantitative estimate of drug-likeness (QED) is 0.395. The number of nitroso groups, excluding NO2 is 1. The molecule has 0 atom stereocenters. The number of para-hydroxylation sites is 1. The zero-order valence-electron chi connectivity index (χ0n) is 14.4. The highest BCUT2D eigenvalue weighted by atomic mass is 32.1. The summed E-state index contributed by atoms with van der Waals surface area (Å²) >= 11 is 1.29. The molecule has 0 aliphatic heterocycles. The van der Waals surface area contributed by atoms with E-state index in [0.29, 0.717) is 32.8 Å². The van der Waals surface area contributed by atoms with Crippen molar-refractivity contribution in [2.24, 2.45) is 10.2 Å². The Morgan fingerprint density at radius 2 is 2.07 bits per heavy atom. The van der Waals surface area contributed by atoms with Crippen LogP contribution in [0.4, 0.5) is 5.00 Å². The Morgan fingerprint density at radius 1 is 1.30 bits per heavy atom. The maximum Gasteiger partial charge on any atom is 0.145 e. The number of hydrogen-bond acceptors (Lipinski definition) is 7. The Kier molecular flexibility index (Phi) is 5.50. The molecule has 0 N–H and O–H groups in total. The second-order valence-electron chi connectivity index (χ2n) is 5.34. The first-order valence-corrected chi connectivity index (χ1v) is 8.77. The van der Waals surface area contributed by atoms with Crippen molar-refractivity contribution in [1.29, 1.82) is 5.26 Å². The number of nitrogens with zero attached hydrogens (tertiary/aromatic N) is 4. The van der Waals surface area contributed by atoms with E-state index in [-0.39, 0.29) is 5.70 Å². The molecule has 1 heterocycles. The maximum absolute atomic E-state index is 10.8. The van der Waals surface area contributed by atoms with Crippen molar-refractivity contribution < 1.29 is 4.74 Å². The molecule has 0 saturated heterocycles. The van der Waals surface area contributed by atoms with E-state index in [9.17, 15) is 10.2 Å². The largest absolute Gasteiger partial charge is 0.456 e. The van der Waals surface area contributed by atoms with E-state index in [1.807, 2.05) is 30.3 Å². The van der Waals surface area contributed by atoms with Crippen LogP contribution in [0.1, 0.15) is 18.2 Å². The van der Waals surface area contributed by atoms with Gasteiger partial charge in [-0.25, -0.2) is 9.98 Å². The fraction of sp³-hybridized carbons (Fsp3) is 0.0500. The van der Waals surface area contributed by atoms with Crippen LogP contribution in [0, 0.1) is 16.2 Å². The third-order valence-corrected chi connectivity index (χ3v) is 4.57. The zero-order valence-corrected chi connectivity index (χ0v) is 15.2. The van der Waals surface area contributed by atoms with Crippen molar-refractivity contribution in [1.82, 2.24) is 4.98 Å². The lowest BCUT2D eigenvalue weighted by atomic mass is 10.1. The molecule has 0 spiro atoms. The highest BCUT2D eigenvalue weighted by molar-refractivity contribution is 7.19. The van der Waals surface area contributed by atoms with E-state index in [1.165, 1.54) is 11.3 Å². The minimum atomic E-state index is 0.0163. The van der Waals surface area contributed by atoms with Gasteiger partial charge in [-0.1, -0.05) is 36.1 Å². The lowest BCUT2D eigenvalue weighted by molar-refractivity contribution is 0.481. The average molecular weight is 374 g/mol. The fourth-order valence-electron chi connectivity index (χ4n) is 2.33. The molecule has 0 aliphatic rings. The molecule has 3 aromatic rings. The van der Waals surface area contributed by atoms with Gasteiger partial charge in [0.2, 0.25) is 0 Å². The second kappa shape index (κ2) is 8.17. The first-order chi connectivity index (χ1) is 13.2. The van der Waals surface area contributed by atoms with Crippen molar-refractivity contribution in [3.63, 3.8) is 0 Å². The van der Waals surface area contributed by atoms with Gasteiger partial charge in [-0.05, 0) is 42.4 Å². The Bertz CT molecular complexity index is 1070. The number of thiazole rings is 1. The molecule has 27 heavy (non-hydrogen) atoms. The molecule has 0 amide bonds. The van der Waals surface area contributed by atoms with Crippen molar-refractivity contribution in [3.8, 4) is 28.1 Å². The van der Waals surface area contributed by atoms with Crippen LogP contribution in [-0.4, -0.2) is 11.2 Å². The topological polar surface area (TPSA) is 87.7 Å². The van der Waals surface area contributed by atoms with Crippen LogP contribution in [-0.2, 0) is 0 Å². The van der Waals surface area contributed by atoms with E-state index in [1.54, 1.807) is 31.3 Å². The third kappa shape index (κ3) is 3.97. The SMILES string of the molecule is C=C(N=O)c1nc(-c2ccc(Oc3ccccc3)c(C#N)c2)sc1/N=C\C. The molecule has 1 aromatic heterocycles. The molecule has 0 radical (unpaired) electrons. The predicted octanol–water partition coefficient (Wildman–Crippen LogP) is 5.93.